The zero-order valence-corrected chi connectivity index (χ0v) is 72.1. The van der Waals surface area contributed by atoms with Crippen molar-refractivity contribution in [2.75, 3.05) is 39.6 Å². The first-order valence-electron chi connectivity index (χ1n) is 48.1. The number of hydrogen-bond acceptors (Lipinski definition) is 5. The van der Waals surface area contributed by atoms with E-state index >= 15 is 8.78 Å². The predicted octanol–water partition coefficient (Wildman–Crippen LogP) is 32.8. The van der Waals surface area contributed by atoms with Gasteiger partial charge >= 0.3 is 0 Å². The molecule has 0 saturated heterocycles. The maximum atomic E-state index is 16.4. The maximum Gasteiger partial charge on any atom is 0.142 e. The predicted molar refractivity (Wildman–Crippen MR) is 479 cm³/mol. The molecule has 113 heavy (non-hydrogen) atoms. The largest absolute Gasteiger partial charge is 0.494 e. The van der Waals surface area contributed by atoms with E-state index < -0.39 is 16.8 Å². The van der Waals surface area contributed by atoms with E-state index in [4.69, 9.17) is 18.9 Å². The monoisotopic (exact) mass is 1550 g/mol. The molecule has 0 fully saturated rings. The quantitative estimate of drug-likeness (QED) is 0.0385. The Morgan fingerprint density at radius 3 is 0.929 bits per heavy atom. The van der Waals surface area contributed by atoms with E-state index in [9.17, 15) is 5.11 Å². The summed E-state index contributed by atoms with van der Waals surface area (Å²) in [5.41, 5.74) is 5.72. The number of unbranched alkanes of at least 4 members (excludes halogenated alkanes) is 56. The van der Waals surface area contributed by atoms with Crippen LogP contribution in [0.1, 0.15) is 438 Å². The van der Waals surface area contributed by atoms with Gasteiger partial charge in [-0.2, -0.15) is 0 Å². The lowest BCUT2D eigenvalue weighted by atomic mass is 9.63. The molecule has 8 rings (SSSR count). The van der Waals surface area contributed by atoms with Crippen molar-refractivity contribution in [2.45, 2.75) is 410 Å². The summed E-state index contributed by atoms with van der Waals surface area (Å²) in [7, 11) is 0. The zero-order valence-electron chi connectivity index (χ0n) is 72.1. The van der Waals surface area contributed by atoms with Crippen molar-refractivity contribution >= 4 is 0 Å². The van der Waals surface area contributed by atoms with Gasteiger partial charge in [-0.1, -0.05) is 446 Å². The van der Waals surface area contributed by atoms with Crippen molar-refractivity contribution in [1.29, 1.82) is 0 Å². The third-order valence-corrected chi connectivity index (χ3v) is 25.2. The molecule has 0 saturated carbocycles. The lowest BCUT2D eigenvalue weighted by Crippen LogP contribution is -2.36. The van der Waals surface area contributed by atoms with Crippen LogP contribution in [0.5, 0.6) is 11.5 Å². The summed E-state index contributed by atoms with van der Waals surface area (Å²) < 4.78 is 58.2. The first-order chi connectivity index (χ1) is 55.9. The van der Waals surface area contributed by atoms with Gasteiger partial charge in [0.2, 0.25) is 0 Å². The van der Waals surface area contributed by atoms with Gasteiger partial charge in [0.05, 0.1) is 18.6 Å². The second-order valence-electron chi connectivity index (χ2n) is 34.6. The second kappa shape index (κ2) is 58.5. The fourth-order valence-electron chi connectivity index (χ4n) is 18.6. The van der Waals surface area contributed by atoms with Crippen LogP contribution in [0.4, 0.5) is 8.78 Å². The third-order valence-electron chi connectivity index (χ3n) is 25.2. The molecule has 7 heteroatoms. The van der Waals surface area contributed by atoms with Crippen molar-refractivity contribution < 1.29 is 32.8 Å². The Balaban J connectivity index is 0.735. The molecular weight excluding hydrogens is 1390 g/mol. The molecule has 0 radical (unpaired) electrons. The molecule has 0 spiro atoms. The number of ether oxygens (including phenoxy) is 4. The van der Waals surface area contributed by atoms with E-state index in [-0.39, 0.29) is 5.82 Å². The second-order valence-corrected chi connectivity index (χ2v) is 34.6. The molecular formula is C106H160F2O5. The van der Waals surface area contributed by atoms with Gasteiger partial charge in [-0.15, -0.1) is 0 Å². The minimum Gasteiger partial charge on any atom is -0.494 e. The molecule has 0 heterocycles. The van der Waals surface area contributed by atoms with E-state index in [2.05, 4.69) is 74.5 Å². The van der Waals surface area contributed by atoms with Crippen LogP contribution in [0, 0.1) is 11.6 Å². The number of fused-ring (bicyclic) bond motifs is 6. The third kappa shape index (κ3) is 32.8. The molecule has 1 N–H and O–H groups in total. The molecule has 5 nitrogen and oxygen atoms in total. The number of hydrogen-bond donors (Lipinski definition) is 1. The van der Waals surface area contributed by atoms with Crippen molar-refractivity contribution in [3.05, 3.63) is 178 Å². The van der Waals surface area contributed by atoms with Crippen molar-refractivity contribution in [3.8, 4) is 33.8 Å². The summed E-state index contributed by atoms with van der Waals surface area (Å²) in [6.07, 6.45) is 80.3. The highest BCUT2D eigenvalue weighted by atomic mass is 19.1. The van der Waals surface area contributed by atoms with Gasteiger partial charge in [-0.3, -0.25) is 0 Å². The Morgan fingerprint density at radius 1 is 0.248 bits per heavy atom. The van der Waals surface area contributed by atoms with E-state index in [1.807, 2.05) is 30.3 Å². The zero-order chi connectivity index (χ0) is 79.0. The van der Waals surface area contributed by atoms with Gasteiger partial charge in [0.1, 0.15) is 28.7 Å². The van der Waals surface area contributed by atoms with Crippen LogP contribution in [0.3, 0.4) is 0 Å². The smallest absolute Gasteiger partial charge is 0.142 e. The number of rotatable bonds is 73. The average Bonchev–Trinajstić information content (AvgIpc) is 1.51. The molecule has 0 amide bonds. The standard InChI is InChI=1S/C106H160F2O5/c1-3-5-7-9-11-13-15-17-19-21-23-25-27-29-31-33-39-45-51-61-81-110-83-63-53-47-41-35-37-43-49-55-65-85-112-94-77-78-97-95-73-57-59-75-99(95)105(101(97)89-94,90-69-67-71-92(107)87-90)104-102(80-79-98-96-74-58-60-76-100(96)106(109,103(98)104)91-70-68-72-93(108)88-91)113-86-66-56-50-44-38-36-42-48-54-64-84-111-82-62-52-46-40-34-32-30-28-26-24-22-20-18-16-14-12-10-8-6-4-2/h57-60,67-80,87-89,109H,3-56,61-66,81-86H2,1-2H3. The van der Waals surface area contributed by atoms with Crippen molar-refractivity contribution in [2.24, 2.45) is 0 Å². The minimum atomic E-state index is -1.81. The van der Waals surface area contributed by atoms with Gasteiger partial charge in [-0.05, 0) is 125 Å². The maximum absolute atomic E-state index is 16.4. The number of aliphatic hydroxyl groups is 1. The van der Waals surface area contributed by atoms with E-state index in [1.54, 1.807) is 18.2 Å². The lowest BCUT2D eigenvalue weighted by Gasteiger charge is -2.39. The fourth-order valence-corrected chi connectivity index (χ4v) is 18.6. The van der Waals surface area contributed by atoms with E-state index in [0.717, 1.165) is 110 Å². The molecule has 0 aromatic heterocycles. The Hall–Kier alpha value is -5.34. The Labute approximate surface area is 690 Å². The summed E-state index contributed by atoms with van der Waals surface area (Å²) in [5, 5.41) is 14.1. The first kappa shape index (κ1) is 93.2. The number of benzene rings is 6. The lowest BCUT2D eigenvalue weighted by molar-refractivity contribution is 0.125. The van der Waals surface area contributed by atoms with Crippen molar-refractivity contribution in [3.63, 3.8) is 0 Å². The van der Waals surface area contributed by atoms with Crippen LogP contribution in [-0.4, -0.2) is 44.7 Å². The summed E-state index contributed by atoms with van der Waals surface area (Å²) in [5.74, 6) is 0.561. The molecule has 0 aliphatic heterocycles. The van der Waals surface area contributed by atoms with E-state index in [0.29, 0.717) is 41.2 Å². The van der Waals surface area contributed by atoms with Gasteiger partial charge in [0, 0.05) is 43.1 Å². The van der Waals surface area contributed by atoms with Crippen LogP contribution in [0.2, 0.25) is 0 Å². The summed E-state index contributed by atoms with van der Waals surface area (Å²) >= 11 is 0. The van der Waals surface area contributed by atoms with Gasteiger partial charge in [0.15, 0.2) is 0 Å². The summed E-state index contributed by atoms with van der Waals surface area (Å²) in [6, 6.07) is 40.3. The van der Waals surface area contributed by atoms with Crippen LogP contribution in [-0.2, 0) is 20.5 Å². The van der Waals surface area contributed by atoms with Crippen molar-refractivity contribution in [1.82, 2.24) is 0 Å². The van der Waals surface area contributed by atoms with Gasteiger partial charge < -0.3 is 24.1 Å². The molecule has 0 bridgehead atoms. The fraction of sp³-hybridized carbons (Fsp3) is 0.660. The Bertz CT molecular complexity index is 3390. The normalized spacial score (nSPS) is 14.8. The molecule has 6 aromatic rings. The first-order valence-corrected chi connectivity index (χ1v) is 48.1. The SMILES string of the molecule is CCCCCCCCCCCCCCCCCCCCCCOCCCCCCCCCCCCOc1ccc2c(c1)C(c1cccc(F)c1)(c1c(OCCCCCCCCCCCCOCCCCCCCCCCCCCCCCCCCCCC)ccc3c1C(O)(c1cccc(F)c1)c1ccccc1-3)c1ccccc1-2. The summed E-state index contributed by atoms with van der Waals surface area (Å²) in [4.78, 5) is 0. The highest BCUT2D eigenvalue weighted by Crippen LogP contribution is 2.64. The van der Waals surface area contributed by atoms with Crippen LogP contribution in [0.15, 0.2) is 127 Å². The molecule has 2 unspecified atom stereocenters. The van der Waals surface area contributed by atoms with Gasteiger partial charge in [-0.25, -0.2) is 8.78 Å². The minimum absolute atomic E-state index is 0.359. The van der Waals surface area contributed by atoms with E-state index in [1.165, 1.54) is 365 Å². The molecule has 628 valence electrons. The average molecular weight is 1550 g/mol. The van der Waals surface area contributed by atoms with Crippen LogP contribution in [0.25, 0.3) is 22.3 Å². The molecule has 6 aromatic carbocycles. The Morgan fingerprint density at radius 2 is 0.549 bits per heavy atom. The van der Waals surface area contributed by atoms with Crippen LogP contribution < -0.4 is 9.47 Å². The molecule has 2 aliphatic carbocycles. The Kier molecular flexibility index (Phi) is 48.2. The van der Waals surface area contributed by atoms with Gasteiger partial charge in [0.25, 0.3) is 0 Å². The highest BCUT2D eigenvalue weighted by molar-refractivity contribution is 5.92. The summed E-state index contributed by atoms with van der Waals surface area (Å²) in [6.45, 7) is 9.31. The number of halogens is 2. The highest BCUT2D eigenvalue weighted by Gasteiger charge is 2.55. The molecule has 2 atom stereocenters. The van der Waals surface area contributed by atoms with Crippen LogP contribution >= 0.6 is 0 Å². The molecule has 2 aliphatic rings. The topological polar surface area (TPSA) is 57.2 Å².